The molecule has 0 spiro atoms. The van der Waals surface area contributed by atoms with E-state index in [2.05, 4.69) is 0 Å². The molecule has 0 radical (unpaired) electrons. The minimum atomic E-state index is -1.77. The van der Waals surface area contributed by atoms with Gasteiger partial charge in [-0.3, -0.25) is 4.79 Å². The van der Waals surface area contributed by atoms with Crippen molar-refractivity contribution in [3.63, 3.8) is 0 Å². The SMILES string of the molecule is CCCOC(=O)C1=C(C)O[C@@]23OC(N)=C(C#N)[C@]12C(=O)c1ccccc13. The van der Waals surface area contributed by atoms with Gasteiger partial charge in [0.1, 0.15) is 23.0 Å². The lowest BCUT2D eigenvalue weighted by molar-refractivity contribution is -0.199. The zero-order chi connectivity index (χ0) is 18.7. The fourth-order valence-electron chi connectivity index (χ4n) is 4.11. The maximum Gasteiger partial charge on any atom is 0.339 e. The average Bonchev–Trinajstić information content (AvgIpc) is 3.10. The molecule has 1 aromatic rings. The van der Waals surface area contributed by atoms with Gasteiger partial charge < -0.3 is 19.9 Å². The van der Waals surface area contributed by atoms with Gasteiger partial charge in [0, 0.05) is 11.1 Å². The van der Waals surface area contributed by atoms with E-state index in [1.54, 1.807) is 31.2 Å². The van der Waals surface area contributed by atoms with Crippen molar-refractivity contribution in [1.29, 1.82) is 5.26 Å². The highest BCUT2D eigenvalue weighted by Crippen LogP contribution is 2.69. The van der Waals surface area contributed by atoms with Crippen molar-refractivity contribution in [1.82, 2.24) is 0 Å². The summed E-state index contributed by atoms with van der Waals surface area (Å²) in [5, 5.41) is 9.73. The van der Waals surface area contributed by atoms with Crippen LogP contribution >= 0.6 is 0 Å². The number of fused-ring (bicyclic) bond motifs is 1. The van der Waals surface area contributed by atoms with Crippen molar-refractivity contribution in [2.24, 2.45) is 11.1 Å². The number of carbonyl (C=O) groups excluding carboxylic acids is 2. The van der Waals surface area contributed by atoms with E-state index in [1.807, 2.05) is 13.0 Å². The van der Waals surface area contributed by atoms with Crippen molar-refractivity contribution in [2.75, 3.05) is 6.61 Å². The predicted octanol–water partition coefficient (Wildman–Crippen LogP) is 2.00. The third-order valence-corrected chi connectivity index (χ3v) is 5.01. The molecule has 3 aliphatic rings. The second-order valence-corrected chi connectivity index (χ2v) is 6.36. The number of ether oxygens (including phenoxy) is 3. The Kier molecular flexibility index (Phi) is 3.19. The maximum absolute atomic E-state index is 13.5. The fraction of sp³-hybridized carbons (Fsp3) is 0.316. The number of esters is 1. The molecule has 1 aromatic carbocycles. The molecule has 0 saturated carbocycles. The number of hydrogen-bond acceptors (Lipinski definition) is 7. The Balaban J connectivity index is 2.02. The van der Waals surface area contributed by atoms with Crippen molar-refractivity contribution >= 4 is 11.8 Å². The number of allylic oxidation sites excluding steroid dienone is 1. The molecular formula is C19H16N2O5. The lowest BCUT2D eigenvalue weighted by Gasteiger charge is -2.31. The summed E-state index contributed by atoms with van der Waals surface area (Å²) in [6, 6.07) is 8.68. The third-order valence-electron chi connectivity index (χ3n) is 5.01. The van der Waals surface area contributed by atoms with E-state index in [4.69, 9.17) is 19.9 Å². The summed E-state index contributed by atoms with van der Waals surface area (Å²) >= 11 is 0. The highest BCUT2D eigenvalue weighted by Gasteiger charge is 2.80. The Morgan fingerprint density at radius 1 is 1.35 bits per heavy atom. The topological polar surface area (TPSA) is 112 Å². The van der Waals surface area contributed by atoms with E-state index < -0.39 is 23.0 Å². The summed E-state index contributed by atoms with van der Waals surface area (Å²) in [6.45, 7) is 3.60. The van der Waals surface area contributed by atoms with Crippen LogP contribution in [-0.4, -0.2) is 18.4 Å². The normalized spacial score (nSPS) is 28.1. The number of hydrogen-bond donors (Lipinski definition) is 1. The van der Waals surface area contributed by atoms with Gasteiger partial charge in [-0.15, -0.1) is 0 Å². The van der Waals surface area contributed by atoms with Crippen LogP contribution in [0.3, 0.4) is 0 Å². The van der Waals surface area contributed by atoms with Crippen molar-refractivity contribution in [3.05, 3.63) is 58.2 Å². The van der Waals surface area contributed by atoms with Gasteiger partial charge in [-0.1, -0.05) is 31.2 Å². The first kappa shape index (κ1) is 16.2. The van der Waals surface area contributed by atoms with Gasteiger partial charge >= 0.3 is 11.8 Å². The van der Waals surface area contributed by atoms with Crippen molar-refractivity contribution < 1.29 is 23.8 Å². The van der Waals surface area contributed by atoms with E-state index in [-0.39, 0.29) is 29.4 Å². The largest absolute Gasteiger partial charge is 0.462 e. The second kappa shape index (κ2) is 5.11. The molecule has 2 N–H and O–H groups in total. The van der Waals surface area contributed by atoms with Crippen LogP contribution in [0.25, 0.3) is 0 Å². The van der Waals surface area contributed by atoms with Gasteiger partial charge in [0.2, 0.25) is 5.88 Å². The van der Waals surface area contributed by atoms with Crippen LogP contribution in [0, 0.1) is 16.7 Å². The molecule has 1 aliphatic carbocycles. The number of rotatable bonds is 3. The summed E-state index contributed by atoms with van der Waals surface area (Å²) in [4.78, 5) is 26.3. The molecular weight excluding hydrogens is 336 g/mol. The molecule has 2 aliphatic heterocycles. The molecule has 0 bridgehead atoms. The molecule has 4 rings (SSSR count). The summed E-state index contributed by atoms with van der Waals surface area (Å²) in [7, 11) is 0. The Hall–Kier alpha value is -3.27. The molecule has 0 unspecified atom stereocenters. The first-order valence-corrected chi connectivity index (χ1v) is 8.26. The molecule has 2 atom stereocenters. The number of carbonyl (C=O) groups is 2. The Bertz CT molecular complexity index is 970. The van der Waals surface area contributed by atoms with Crippen molar-refractivity contribution in [2.45, 2.75) is 26.1 Å². The monoisotopic (exact) mass is 352 g/mol. The number of nitriles is 1. The number of nitrogens with zero attached hydrogens (tertiary/aromatic N) is 1. The zero-order valence-electron chi connectivity index (χ0n) is 14.3. The van der Waals surface area contributed by atoms with Crippen LogP contribution in [-0.2, 0) is 24.8 Å². The van der Waals surface area contributed by atoms with Crippen LogP contribution in [0.2, 0.25) is 0 Å². The summed E-state index contributed by atoms with van der Waals surface area (Å²) in [5.41, 5.74) is 4.77. The predicted molar refractivity (Wildman–Crippen MR) is 87.8 cm³/mol. The van der Waals surface area contributed by atoms with E-state index in [9.17, 15) is 14.9 Å². The van der Waals surface area contributed by atoms with E-state index in [0.29, 0.717) is 17.5 Å². The summed E-state index contributed by atoms with van der Waals surface area (Å²) in [6.07, 6.45) is 0.616. The standard InChI is InChI=1S/C19H16N2O5/c1-3-8-24-17(23)14-10(2)25-19-12-7-5-4-6-11(12)15(22)18(14,19)13(9-20)16(21)26-19/h4-7H,3,8,21H2,1-2H3/t18-,19+/m1/s1. The van der Waals surface area contributed by atoms with Crippen LogP contribution in [0.4, 0.5) is 0 Å². The van der Waals surface area contributed by atoms with Gasteiger partial charge in [0.25, 0.3) is 0 Å². The zero-order valence-corrected chi connectivity index (χ0v) is 14.3. The van der Waals surface area contributed by atoms with E-state index in [1.165, 1.54) is 0 Å². The molecule has 7 nitrogen and oxygen atoms in total. The lowest BCUT2D eigenvalue weighted by atomic mass is 9.69. The second-order valence-electron chi connectivity index (χ2n) is 6.36. The van der Waals surface area contributed by atoms with Crippen LogP contribution in [0.1, 0.15) is 36.2 Å². The molecule has 2 heterocycles. The van der Waals surface area contributed by atoms with Crippen molar-refractivity contribution in [3.8, 4) is 6.07 Å². The summed E-state index contributed by atoms with van der Waals surface area (Å²) < 4.78 is 17.0. The average molecular weight is 352 g/mol. The third kappa shape index (κ3) is 1.53. The lowest BCUT2D eigenvalue weighted by Crippen LogP contribution is -2.45. The maximum atomic E-state index is 13.5. The minimum absolute atomic E-state index is 0.0239. The number of benzene rings is 1. The molecule has 0 amide bonds. The Morgan fingerprint density at radius 2 is 2.08 bits per heavy atom. The smallest absolute Gasteiger partial charge is 0.339 e. The molecule has 0 aromatic heterocycles. The van der Waals surface area contributed by atoms with E-state index >= 15 is 0 Å². The van der Waals surface area contributed by atoms with Crippen LogP contribution in [0.15, 0.2) is 47.1 Å². The Morgan fingerprint density at radius 3 is 2.77 bits per heavy atom. The molecule has 132 valence electrons. The first-order chi connectivity index (χ1) is 12.5. The summed E-state index contributed by atoms with van der Waals surface area (Å²) in [5.74, 6) is -2.87. The van der Waals surface area contributed by atoms with Gasteiger partial charge in [-0.25, -0.2) is 4.79 Å². The number of ketones is 1. The van der Waals surface area contributed by atoms with E-state index in [0.717, 1.165) is 0 Å². The highest BCUT2D eigenvalue weighted by molar-refractivity contribution is 6.16. The van der Waals surface area contributed by atoms with Crippen LogP contribution in [0.5, 0.6) is 0 Å². The molecule has 0 fully saturated rings. The van der Waals surface area contributed by atoms with Crippen LogP contribution < -0.4 is 5.73 Å². The Labute approximate surface area is 149 Å². The molecule has 26 heavy (non-hydrogen) atoms. The number of nitrogens with two attached hydrogens (primary N) is 1. The minimum Gasteiger partial charge on any atom is -0.462 e. The van der Waals surface area contributed by atoms with Gasteiger partial charge in [0.15, 0.2) is 11.2 Å². The number of Topliss-reactive ketones (excluding diaryl/α,β-unsaturated/α-hetero) is 1. The highest BCUT2D eigenvalue weighted by atomic mass is 16.7. The molecule has 0 saturated heterocycles. The fourth-order valence-corrected chi connectivity index (χ4v) is 4.11. The first-order valence-electron chi connectivity index (χ1n) is 8.26. The van der Waals surface area contributed by atoms with Gasteiger partial charge in [0.05, 0.1) is 6.61 Å². The molecule has 7 heteroatoms. The van der Waals surface area contributed by atoms with Gasteiger partial charge in [-0.05, 0) is 13.3 Å². The van der Waals surface area contributed by atoms with Gasteiger partial charge in [-0.2, -0.15) is 5.26 Å². The quantitative estimate of drug-likeness (QED) is 0.828.